The molecule has 4 heteroatoms. The largest absolute Gasteiger partial charge is 0.211 e. The van der Waals surface area contributed by atoms with E-state index in [0.717, 1.165) is 6.08 Å². The van der Waals surface area contributed by atoms with Crippen LogP contribution in [0.1, 0.15) is 6.42 Å². The lowest BCUT2D eigenvalue weighted by Gasteiger charge is -2.11. The lowest BCUT2D eigenvalue weighted by Crippen LogP contribution is -2.03. The molecule has 1 rings (SSSR count). The Morgan fingerprint density at radius 2 is 2.10 bits per heavy atom. The molecule has 0 saturated carbocycles. The summed E-state index contributed by atoms with van der Waals surface area (Å²) in [5.74, 6) is -0.656. The second-order valence-electron chi connectivity index (χ2n) is 1.95. The van der Waals surface area contributed by atoms with Gasteiger partial charge in [0.2, 0.25) is 0 Å². The molecule has 0 aromatic rings. The van der Waals surface area contributed by atoms with Gasteiger partial charge in [-0.3, -0.25) is 0 Å². The van der Waals surface area contributed by atoms with Gasteiger partial charge in [-0.2, -0.15) is 0 Å². The fraction of sp³-hybridized carbons (Fsp3) is 0.333. The van der Waals surface area contributed by atoms with E-state index in [1.165, 1.54) is 0 Å². The first-order chi connectivity index (χ1) is 4.61. The lowest BCUT2D eigenvalue weighted by atomic mass is 10.1. The standard InChI is InChI=1S/C6H4Br2F2/c7-3-1-5(9)4(8)2-6(3)10/h1,4H,2H2. The van der Waals surface area contributed by atoms with Gasteiger partial charge < -0.3 is 0 Å². The van der Waals surface area contributed by atoms with Crippen molar-refractivity contribution in [3.8, 4) is 0 Å². The molecule has 0 spiro atoms. The quantitative estimate of drug-likeness (QED) is 0.592. The van der Waals surface area contributed by atoms with Crippen molar-refractivity contribution in [1.82, 2.24) is 0 Å². The minimum Gasteiger partial charge on any atom is -0.211 e. The van der Waals surface area contributed by atoms with Gasteiger partial charge in [-0.1, -0.05) is 15.9 Å². The van der Waals surface area contributed by atoms with Crippen LogP contribution in [0.4, 0.5) is 8.78 Å². The van der Waals surface area contributed by atoms with Gasteiger partial charge >= 0.3 is 0 Å². The molecular formula is C6H4Br2F2. The van der Waals surface area contributed by atoms with Gasteiger partial charge in [0.1, 0.15) is 11.7 Å². The fourth-order valence-electron chi connectivity index (χ4n) is 0.642. The normalized spacial score (nSPS) is 26.8. The van der Waals surface area contributed by atoms with Crippen molar-refractivity contribution in [1.29, 1.82) is 0 Å². The van der Waals surface area contributed by atoms with Crippen molar-refractivity contribution in [2.24, 2.45) is 0 Å². The molecule has 1 aliphatic carbocycles. The Hall–Kier alpha value is 0.300. The predicted molar refractivity (Wildman–Crippen MR) is 43.6 cm³/mol. The first-order valence-corrected chi connectivity index (χ1v) is 4.37. The number of rotatable bonds is 0. The summed E-state index contributed by atoms with van der Waals surface area (Å²) in [4.78, 5) is -0.492. The van der Waals surface area contributed by atoms with Crippen molar-refractivity contribution in [3.05, 3.63) is 22.2 Å². The van der Waals surface area contributed by atoms with Crippen LogP contribution in [-0.2, 0) is 0 Å². The third kappa shape index (κ3) is 1.66. The molecule has 1 atom stereocenters. The maximum atomic E-state index is 12.6. The Bertz CT molecular complexity index is 208. The zero-order valence-electron chi connectivity index (χ0n) is 4.87. The second kappa shape index (κ2) is 3.13. The van der Waals surface area contributed by atoms with Crippen molar-refractivity contribution in [2.75, 3.05) is 0 Å². The Balaban J connectivity index is 2.88. The van der Waals surface area contributed by atoms with Crippen LogP contribution in [0.15, 0.2) is 22.2 Å². The van der Waals surface area contributed by atoms with Crippen molar-refractivity contribution >= 4 is 31.9 Å². The van der Waals surface area contributed by atoms with Crippen LogP contribution in [0, 0.1) is 0 Å². The van der Waals surface area contributed by atoms with E-state index in [1.54, 1.807) is 0 Å². The molecule has 0 bridgehead atoms. The first kappa shape index (κ1) is 8.40. The molecule has 56 valence electrons. The van der Waals surface area contributed by atoms with E-state index in [-0.39, 0.29) is 22.6 Å². The molecule has 0 radical (unpaired) electrons. The minimum absolute atomic E-state index is 0.0862. The maximum Gasteiger partial charge on any atom is 0.116 e. The molecule has 0 aromatic heterocycles. The molecule has 0 saturated heterocycles. The fourth-order valence-corrected chi connectivity index (χ4v) is 1.44. The van der Waals surface area contributed by atoms with Crippen molar-refractivity contribution < 1.29 is 8.78 Å². The van der Waals surface area contributed by atoms with Crippen LogP contribution in [0.25, 0.3) is 0 Å². The van der Waals surface area contributed by atoms with Crippen LogP contribution in [0.5, 0.6) is 0 Å². The minimum atomic E-state index is -0.492. The molecular weight excluding hydrogens is 270 g/mol. The molecule has 0 nitrogen and oxygen atoms in total. The third-order valence-corrected chi connectivity index (χ3v) is 2.60. The van der Waals surface area contributed by atoms with E-state index in [1.807, 2.05) is 0 Å². The Labute approximate surface area is 74.2 Å². The molecule has 0 aromatic carbocycles. The monoisotopic (exact) mass is 272 g/mol. The molecule has 0 amide bonds. The van der Waals surface area contributed by atoms with Gasteiger partial charge in [0, 0.05) is 6.42 Å². The van der Waals surface area contributed by atoms with Gasteiger partial charge in [-0.25, -0.2) is 8.78 Å². The Morgan fingerprint density at radius 3 is 2.60 bits per heavy atom. The van der Waals surface area contributed by atoms with Crippen molar-refractivity contribution in [2.45, 2.75) is 11.2 Å². The highest BCUT2D eigenvalue weighted by Gasteiger charge is 2.19. The molecule has 0 N–H and O–H groups in total. The van der Waals surface area contributed by atoms with E-state index in [4.69, 9.17) is 0 Å². The number of allylic oxidation sites excluding steroid dienone is 4. The predicted octanol–water partition coefficient (Wildman–Crippen LogP) is 3.58. The molecule has 0 aliphatic heterocycles. The van der Waals surface area contributed by atoms with Gasteiger partial charge in [0.05, 0.1) is 9.31 Å². The van der Waals surface area contributed by atoms with Gasteiger partial charge in [-0.05, 0) is 22.0 Å². The maximum absolute atomic E-state index is 12.6. The third-order valence-electron chi connectivity index (χ3n) is 1.18. The number of halogens is 4. The Morgan fingerprint density at radius 1 is 1.50 bits per heavy atom. The average molecular weight is 274 g/mol. The highest BCUT2D eigenvalue weighted by atomic mass is 79.9. The molecule has 0 heterocycles. The average Bonchev–Trinajstić information content (AvgIpc) is 1.84. The van der Waals surface area contributed by atoms with Gasteiger partial charge in [0.25, 0.3) is 0 Å². The number of hydrogen-bond acceptors (Lipinski definition) is 0. The highest BCUT2D eigenvalue weighted by Crippen LogP contribution is 2.33. The van der Waals surface area contributed by atoms with E-state index < -0.39 is 4.83 Å². The molecule has 1 aliphatic rings. The highest BCUT2D eigenvalue weighted by molar-refractivity contribution is 9.12. The summed E-state index contributed by atoms with van der Waals surface area (Å²) >= 11 is 5.87. The van der Waals surface area contributed by atoms with E-state index in [2.05, 4.69) is 31.9 Å². The summed E-state index contributed by atoms with van der Waals surface area (Å²) in [6.07, 6.45) is 1.22. The zero-order chi connectivity index (χ0) is 7.72. The zero-order valence-corrected chi connectivity index (χ0v) is 8.05. The van der Waals surface area contributed by atoms with Crippen LogP contribution < -0.4 is 0 Å². The number of hydrogen-bond donors (Lipinski definition) is 0. The molecule has 10 heavy (non-hydrogen) atoms. The topological polar surface area (TPSA) is 0 Å². The smallest absolute Gasteiger partial charge is 0.116 e. The van der Waals surface area contributed by atoms with Crippen LogP contribution in [0.3, 0.4) is 0 Å². The van der Waals surface area contributed by atoms with Gasteiger partial charge in [0.15, 0.2) is 0 Å². The summed E-state index contributed by atoms with van der Waals surface area (Å²) in [7, 11) is 0. The summed E-state index contributed by atoms with van der Waals surface area (Å²) < 4.78 is 25.4. The van der Waals surface area contributed by atoms with E-state index >= 15 is 0 Å². The Kier molecular flexibility index (Phi) is 2.63. The second-order valence-corrected chi connectivity index (χ2v) is 3.91. The summed E-state index contributed by atoms with van der Waals surface area (Å²) in [6, 6.07) is 0. The van der Waals surface area contributed by atoms with Gasteiger partial charge in [-0.15, -0.1) is 0 Å². The van der Waals surface area contributed by atoms with E-state index in [9.17, 15) is 8.78 Å². The summed E-state index contributed by atoms with van der Waals surface area (Å²) in [5, 5.41) is 0. The van der Waals surface area contributed by atoms with Crippen LogP contribution >= 0.6 is 31.9 Å². The lowest BCUT2D eigenvalue weighted by molar-refractivity contribution is 0.534. The SMILES string of the molecule is FC1=CC(Br)=C(F)CC1Br. The first-order valence-electron chi connectivity index (χ1n) is 2.66. The molecule has 0 fully saturated rings. The number of alkyl halides is 1. The van der Waals surface area contributed by atoms with Crippen molar-refractivity contribution in [3.63, 3.8) is 0 Å². The summed E-state index contributed by atoms with van der Waals surface area (Å²) in [5.41, 5.74) is 0. The molecule has 1 unspecified atom stereocenters. The summed E-state index contributed by atoms with van der Waals surface area (Å²) in [6.45, 7) is 0. The van der Waals surface area contributed by atoms with E-state index in [0.29, 0.717) is 0 Å². The van der Waals surface area contributed by atoms with Crippen LogP contribution in [-0.4, -0.2) is 4.83 Å². The van der Waals surface area contributed by atoms with Crippen LogP contribution in [0.2, 0.25) is 0 Å².